The van der Waals surface area contributed by atoms with Gasteiger partial charge in [-0.1, -0.05) is 43.0 Å². The number of pyridine rings is 1. The van der Waals surface area contributed by atoms with Gasteiger partial charge in [-0.3, -0.25) is 9.98 Å². The SMILES string of the molecule is CCOc1ccccc1[C@@H]1[C@H](c2ccccn2)N=C2S[C@@H](C)CN21. The predicted molar refractivity (Wildman–Crippen MR) is 98.5 cm³/mol. The van der Waals surface area contributed by atoms with Gasteiger partial charge >= 0.3 is 0 Å². The van der Waals surface area contributed by atoms with Crippen LogP contribution in [-0.2, 0) is 0 Å². The quantitative estimate of drug-likeness (QED) is 0.841. The van der Waals surface area contributed by atoms with E-state index in [1.54, 1.807) is 0 Å². The van der Waals surface area contributed by atoms with Crippen LogP contribution in [0.25, 0.3) is 0 Å². The maximum atomic E-state index is 5.90. The number of para-hydroxylation sites is 1. The molecular formula is C19H21N3OS. The molecule has 5 heteroatoms. The second kappa shape index (κ2) is 6.48. The van der Waals surface area contributed by atoms with Gasteiger partial charge in [0.2, 0.25) is 0 Å². The van der Waals surface area contributed by atoms with Crippen molar-refractivity contribution in [2.45, 2.75) is 31.2 Å². The number of hydrogen-bond donors (Lipinski definition) is 0. The molecule has 2 aromatic rings. The summed E-state index contributed by atoms with van der Waals surface area (Å²) >= 11 is 1.86. The van der Waals surface area contributed by atoms with E-state index in [0.717, 1.165) is 23.2 Å². The van der Waals surface area contributed by atoms with Gasteiger partial charge in [0.25, 0.3) is 0 Å². The molecule has 0 aliphatic carbocycles. The third-order valence-corrected chi connectivity index (χ3v) is 5.52. The fourth-order valence-corrected chi connectivity index (χ4v) is 4.56. The van der Waals surface area contributed by atoms with Crippen molar-refractivity contribution < 1.29 is 4.74 Å². The Bertz CT molecular complexity index is 749. The number of aliphatic imine (C=N–C) groups is 1. The number of fused-ring (bicyclic) bond motifs is 1. The van der Waals surface area contributed by atoms with Gasteiger partial charge in [0.1, 0.15) is 11.8 Å². The number of hydrogen-bond acceptors (Lipinski definition) is 5. The summed E-state index contributed by atoms with van der Waals surface area (Å²) in [5.74, 6) is 0.951. The van der Waals surface area contributed by atoms with Crippen molar-refractivity contribution in [3.8, 4) is 5.75 Å². The molecule has 3 heterocycles. The van der Waals surface area contributed by atoms with Crippen LogP contribution >= 0.6 is 11.8 Å². The largest absolute Gasteiger partial charge is 0.494 e. The molecule has 0 saturated carbocycles. The lowest BCUT2D eigenvalue weighted by molar-refractivity contribution is 0.292. The van der Waals surface area contributed by atoms with Crippen LogP contribution in [0.4, 0.5) is 0 Å². The molecule has 1 aromatic heterocycles. The zero-order valence-electron chi connectivity index (χ0n) is 13.9. The summed E-state index contributed by atoms with van der Waals surface area (Å²) < 4.78 is 5.90. The van der Waals surface area contributed by atoms with Crippen molar-refractivity contribution in [1.29, 1.82) is 0 Å². The Morgan fingerprint density at radius 1 is 1.21 bits per heavy atom. The summed E-state index contributed by atoms with van der Waals surface area (Å²) in [5, 5.41) is 1.70. The fourth-order valence-electron chi connectivity index (χ4n) is 3.47. The Balaban J connectivity index is 1.79. The van der Waals surface area contributed by atoms with E-state index in [1.165, 1.54) is 5.56 Å². The third kappa shape index (κ3) is 2.67. The molecular weight excluding hydrogens is 318 g/mol. The fraction of sp³-hybridized carbons (Fsp3) is 0.368. The molecule has 0 unspecified atom stereocenters. The summed E-state index contributed by atoms with van der Waals surface area (Å²) in [5.41, 5.74) is 2.22. The first-order chi connectivity index (χ1) is 11.8. The number of thioether (sulfide) groups is 1. The summed E-state index contributed by atoms with van der Waals surface area (Å²) in [6.45, 7) is 5.96. The highest BCUT2D eigenvalue weighted by atomic mass is 32.2. The van der Waals surface area contributed by atoms with Crippen LogP contribution in [0.3, 0.4) is 0 Å². The Morgan fingerprint density at radius 3 is 2.83 bits per heavy atom. The zero-order chi connectivity index (χ0) is 16.5. The molecule has 0 N–H and O–H groups in total. The van der Waals surface area contributed by atoms with Gasteiger partial charge in [-0.25, -0.2) is 0 Å². The van der Waals surface area contributed by atoms with Gasteiger partial charge < -0.3 is 9.64 Å². The molecule has 1 fully saturated rings. The summed E-state index contributed by atoms with van der Waals surface area (Å²) in [6.07, 6.45) is 1.85. The van der Waals surface area contributed by atoms with Gasteiger partial charge in [0.15, 0.2) is 5.17 Å². The van der Waals surface area contributed by atoms with Crippen LogP contribution in [0.2, 0.25) is 0 Å². The number of nitrogens with zero attached hydrogens (tertiary/aromatic N) is 3. The van der Waals surface area contributed by atoms with E-state index in [9.17, 15) is 0 Å². The first-order valence-electron chi connectivity index (χ1n) is 8.41. The molecule has 0 spiro atoms. The van der Waals surface area contributed by atoms with Gasteiger partial charge in [-0.2, -0.15) is 0 Å². The first-order valence-corrected chi connectivity index (χ1v) is 9.29. The number of amidine groups is 1. The van der Waals surface area contributed by atoms with E-state index in [4.69, 9.17) is 9.73 Å². The maximum Gasteiger partial charge on any atom is 0.160 e. The first kappa shape index (κ1) is 15.5. The number of benzene rings is 1. The average molecular weight is 339 g/mol. The summed E-state index contributed by atoms with van der Waals surface area (Å²) in [7, 11) is 0. The van der Waals surface area contributed by atoms with Gasteiger partial charge in [-0.15, -0.1) is 0 Å². The highest BCUT2D eigenvalue weighted by molar-refractivity contribution is 8.14. The molecule has 4 rings (SSSR count). The predicted octanol–water partition coefficient (Wildman–Crippen LogP) is 4.07. The van der Waals surface area contributed by atoms with Crippen molar-refractivity contribution in [1.82, 2.24) is 9.88 Å². The molecule has 4 nitrogen and oxygen atoms in total. The molecule has 0 bridgehead atoms. The smallest absolute Gasteiger partial charge is 0.160 e. The highest BCUT2D eigenvalue weighted by Crippen LogP contribution is 2.49. The van der Waals surface area contributed by atoms with Crippen LogP contribution in [0.5, 0.6) is 5.75 Å². The van der Waals surface area contributed by atoms with Gasteiger partial charge in [0.05, 0.1) is 18.3 Å². The second-order valence-electron chi connectivity index (χ2n) is 6.11. The van der Waals surface area contributed by atoms with Crippen LogP contribution < -0.4 is 4.74 Å². The maximum absolute atomic E-state index is 5.90. The van der Waals surface area contributed by atoms with E-state index in [1.807, 2.05) is 43.1 Å². The van der Waals surface area contributed by atoms with Gasteiger partial charge in [-0.05, 0) is 25.1 Å². The molecule has 0 amide bonds. The lowest BCUT2D eigenvalue weighted by Gasteiger charge is -2.28. The molecule has 1 aromatic carbocycles. The van der Waals surface area contributed by atoms with Crippen LogP contribution in [0.15, 0.2) is 53.7 Å². The zero-order valence-corrected chi connectivity index (χ0v) is 14.7. The van der Waals surface area contributed by atoms with Crippen LogP contribution in [-0.4, -0.2) is 33.5 Å². The molecule has 2 aliphatic heterocycles. The van der Waals surface area contributed by atoms with Crippen molar-refractivity contribution in [2.75, 3.05) is 13.2 Å². The normalized spacial score (nSPS) is 25.5. The highest BCUT2D eigenvalue weighted by Gasteiger charge is 2.44. The van der Waals surface area contributed by atoms with E-state index in [0.29, 0.717) is 11.9 Å². The van der Waals surface area contributed by atoms with Crippen molar-refractivity contribution >= 4 is 16.9 Å². The Labute approximate surface area is 147 Å². The van der Waals surface area contributed by atoms with E-state index >= 15 is 0 Å². The minimum absolute atomic E-state index is 0.0165. The standard InChI is InChI=1S/C19H21N3OS/c1-3-23-16-10-5-4-8-14(16)18-17(15-9-6-7-11-20-15)21-19-22(18)12-13(2)24-19/h4-11,13,17-18H,3,12H2,1-2H3/t13-,17-,18+/m0/s1. The molecule has 124 valence electrons. The molecule has 3 atom stereocenters. The Kier molecular flexibility index (Phi) is 4.19. The number of aromatic nitrogens is 1. The Hall–Kier alpha value is -2.01. The van der Waals surface area contributed by atoms with Crippen LogP contribution in [0.1, 0.15) is 37.2 Å². The molecule has 24 heavy (non-hydrogen) atoms. The summed E-state index contributed by atoms with van der Waals surface area (Å²) in [6, 6.07) is 14.6. The van der Waals surface area contributed by atoms with Crippen molar-refractivity contribution in [2.24, 2.45) is 4.99 Å². The van der Waals surface area contributed by atoms with Crippen LogP contribution in [0, 0.1) is 0 Å². The summed E-state index contributed by atoms with van der Waals surface area (Å²) in [4.78, 5) is 12.0. The topological polar surface area (TPSA) is 37.7 Å². The molecule has 2 aliphatic rings. The van der Waals surface area contributed by atoms with Crippen molar-refractivity contribution in [3.05, 3.63) is 59.9 Å². The van der Waals surface area contributed by atoms with E-state index < -0.39 is 0 Å². The monoisotopic (exact) mass is 339 g/mol. The van der Waals surface area contributed by atoms with Crippen molar-refractivity contribution in [3.63, 3.8) is 0 Å². The lowest BCUT2D eigenvalue weighted by atomic mass is 9.95. The molecule has 0 radical (unpaired) electrons. The minimum Gasteiger partial charge on any atom is -0.494 e. The average Bonchev–Trinajstić information content (AvgIpc) is 3.12. The third-order valence-electron chi connectivity index (χ3n) is 4.42. The number of rotatable bonds is 4. The Morgan fingerprint density at radius 2 is 2.04 bits per heavy atom. The van der Waals surface area contributed by atoms with Gasteiger partial charge in [0, 0.05) is 23.6 Å². The second-order valence-corrected chi connectivity index (χ2v) is 7.51. The lowest BCUT2D eigenvalue weighted by Crippen LogP contribution is -2.29. The number of ether oxygens (including phenoxy) is 1. The van der Waals surface area contributed by atoms with E-state index in [-0.39, 0.29) is 12.1 Å². The van der Waals surface area contributed by atoms with E-state index in [2.05, 4.69) is 41.1 Å². The molecule has 1 saturated heterocycles. The minimum atomic E-state index is 0.0165.